The molecule has 0 aromatic heterocycles. The number of nitrogens with one attached hydrogen (secondary N) is 1. The third kappa shape index (κ3) is 1.83. The second kappa shape index (κ2) is 3.79. The molecule has 0 spiro atoms. The number of carbonyl (C=O) groups is 1. The fourth-order valence-corrected chi connectivity index (χ4v) is 0.877. The minimum atomic E-state index is -0.997. The van der Waals surface area contributed by atoms with E-state index in [-0.39, 0.29) is 5.56 Å². The molecule has 1 aromatic rings. The van der Waals surface area contributed by atoms with Gasteiger partial charge in [0.15, 0.2) is 0 Å². The van der Waals surface area contributed by atoms with Crippen molar-refractivity contribution in [3.05, 3.63) is 39.7 Å². The highest BCUT2D eigenvalue weighted by atomic mass is 19.1. The van der Waals surface area contributed by atoms with Crippen LogP contribution in [0.1, 0.15) is 10.4 Å². The fourth-order valence-electron chi connectivity index (χ4n) is 0.877. The summed E-state index contributed by atoms with van der Waals surface area (Å²) in [6.07, 6.45) is 0. The van der Waals surface area contributed by atoms with Gasteiger partial charge >= 0.3 is 5.69 Å². The Kier molecular flexibility index (Phi) is 2.73. The highest BCUT2D eigenvalue weighted by Gasteiger charge is 2.16. The van der Waals surface area contributed by atoms with Crippen LogP contribution in [0.15, 0.2) is 18.2 Å². The zero-order chi connectivity index (χ0) is 10.7. The third-order valence-electron chi connectivity index (χ3n) is 1.54. The molecule has 0 heterocycles. The van der Waals surface area contributed by atoms with Gasteiger partial charge in [-0.05, 0) is 12.1 Å². The van der Waals surface area contributed by atoms with E-state index < -0.39 is 22.3 Å². The molecular weight excluding hydrogens is 193 g/mol. The minimum absolute atomic E-state index is 0.0689. The molecule has 0 atom stereocenters. The van der Waals surface area contributed by atoms with Gasteiger partial charge < -0.3 is 0 Å². The Balaban J connectivity index is 3.19. The van der Waals surface area contributed by atoms with Crippen LogP contribution >= 0.6 is 0 Å². The minimum Gasteiger partial charge on any atom is -0.290 e. The summed E-state index contributed by atoms with van der Waals surface area (Å²) >= 11 is 0. The van der Waals surface area contributed by atoms with E-state index in [1.54, 1.807) is 5.43 Å². The number of nitro benzene ring substituents is 1. The summed E-state index contributed by atoms with van der Waals surface area (Å²) < 4.78 is 12.8. The maximum Gasteiger partial charge on any atom is 0.305 e. The molecule has 1 amide bonds. The smallest absolute Gasteiger partial charge is 0.290 e. The summed E-state index contributed by atoms with van der Waals surface area (Å²) in [4.78, 5) is 20.3. The summed E-state index contributed by atoms with van der Waals surface area (Å²) in [5.41, 5.74) is 0.956. The topological polar surface area (TPSA) is 98.3 Å². The van der Waals surface area contributed by atoms with Crippen molar-refractivity contribution in [3.63, 3.8) is 0 Å². The number of nitro groups is 1. The molecule has 74 valence electrons. The van der Waals surface area contributed by atoms with Crippen LogP contribution in [-0.2, 0) is 0 Å². The quantitative estimate of drug-likeness (QED) is 0.310. The molecule has 0 aliphatic rings. The predicted molar refractivity (Wildman–Crippen MR) is 44.7 cm³/mol. The zero-order valence-corrected chi connectivity index (χ0v) is 6.86. The average molecular weight is 199 g/mol. The van der Waals surface area contributed by atoms with Gasteiger partial charge in [-0.15, -0.1) is 0 Å². The van der Waals surface area contributed by atoms with E-state index in [0.717, 1.165) is 18.2 Å². The molecule has 14 heavy (non-hydrogen) atoms. The molecule has 0 saturated carbocycles. The normalized spacial score (nSPS) is 9.57. The van der Waals surface area contributed by atoms with E-state index in [2.05, 4.69) is 0 Å². The Hall–Kier alpha value is -2.02. The first-order chi connectivity index (χ1) is 6.56. The highest BCUT2D eigenvalue weighted by molar-refractivity contribution is 5.94. The molecule has 1 rings (SSSR count). The van der Waals surface area contributed by atoms with Crippen LogP contribution in [0.3, 0.4) is 0 Å². The molecular formula is C7H6FN3O3. The van der Waals surface area contributed by atoms with Gasteiger partial charge in [0.05, 0.1) is 4.92 Å². The lowest BCUT2D eigenvalue weighted by atomic mass is 10.2. The van der Waals surface area contributed by atoms with E-state index in [1.807, 2.05) is 0 Å². The van der Waals surface area contributed by atoms with Crippen molar-refractivity contribution < 1.29 is 14.1 Å². The molecule has 0 radical (unpaired) electrons. The second-order valence-corrected chi connectivity index (χ2v) is 2.40. The molecule has 0 bridgehead atoms. The summed E-state index contributed by atoms with van der Waals surface area (Å²) in [5.74, 6) is 3.09. The van der Waals surface area contributed by atoms with Crippen molar-refractivity contribution in [1.82, 2.24) is 5.43 Å². The molecule has 3 N–H and O–H groups in total. The summed E-state index contributed by atoms with van der Waals surface area (Å²) in [6.45, 7) is 0. The maximum absolute atomic E-state index is 12.8. The van der Waals surface area contributed by atoms with Crippen LogP contribution in [-0.4, -0.2) is 10.8 Å². The number of hydrazine groups is 1. The first-order valence-electron chi connectivity index (χ1n) is 3.51. The molecule has 0 fully saturated rings. The largest absolute Gasteiger partial charge is 0.305 e. The first-order valence-corrected chi connectivity index (χ1v) is 3.51. The van der Waals surface area contributed by atoms with Gasteiger partial charge in [-0.3, -0.25) is 20.3 Å². The van der Waals surface area contributed by atoms with Crippen molar-refractivity contribution in [2.24, 2.45) is 5.84 Å². The number of hydrogen-bond acceptors (Lipinski definition) is 4. The van der Waals surface area contributed by atoms with Crippen molar-refractivity contribution >= 4 is 11.6 Å². The van der Waals surface area contributed by atoms with E-state index in [0.29, 0.717) is 0 Å². The monoisotopic (exact) mass is 199 g/mol. The molecule has 0 aliphatic heterocycles. The molecule has 7 heteroatoms. The number of nitrogens with two attached hydrogens (primary N) is 1. The van der Waals surface area contributed by atoms with Gasteiger partial charge in [0.1, 0.15) is 0 Å². The Morgan fingerprint density at radius 1 is 1.57 bits per heavy atom. The molecule has 6 nitrogen and oxygen atoms in total. The molecule has 0 saturated heterocycles. The van der Waals surface area contributed by atoms with Crippen molar-refractivity contribution in [1.29, 1.82) is 0 Å². The van der Waals surface area contributed by atoms with Gasteiger partial charge in [-0.2, -0.15) is 4.39 Å². The van der Waals surface area contributed by atoms with Gasteiger partial charge in [-0.1, -0.05) is 0 Å². The van der Waals surface area contributed by atoms with E-state index in [9.17, 15) is 19.3 Å². The SMILES string of the molecule is NNC(=O)c1ccc(F)c([N+](=O)[O-])c1. The van der Waals surface area contributed by atoms with E-state index in [4.69, 9.17) is 5.84 Å². The van der Waals surface area contributed by atoms with Crippen LogP contribution in [0.5, 0.6) is 0 Å². The molecule has 1 aromatic carbocycles. The Morgan fingerprint density at radius 2 is 2.21 bits per heavy atom. The maximum atomic E-state index is 12.8. The highest BCUT2D eigenvalue weighted by Crippen LogP contribution is 2.18. The van der Waals surface area contributed by atoms with Crippen LogP contribution in [0.4, 0.5) is 10.1 Å². The average Bonchev–Trinajstić information content (AvgIpc) is 2.17. The zero-order valence-electron chi connectivity index (χ0n) is 6.86. The number of benzene rings is 1. The van der Waals surface area contributed by atoms with Crippen molar-refractivity contribution in [2.45, 2.75) is 0 Å². The lowest BCUT2D eigenvalue weighted by Crippen LogP contribution is -2.30. The predicted octanol–water partition coefficient (Wildman–Crippen LogP) is 0.337. The fraction of sp³-hybridized carbons (Fsp3) is 0. The Labute approximate surface area is 77.6 Å². The second-order valence-electron chi connectivity index (χ2n) is 2.40. The number of rotatable bonds is 2. The number of carbonyl (C=O) groups excluding carboxylic acids is 1. The van der Waals surface area contributed by atoms with E-state index in [1.165, 1.54) is 0 Å². The number of amides is 1. The summed E-state index contributed by atoms with van der Waals surface area (Å²) in [5, 5.41) is 10.3. The summed E-state index contributed by atoms with van der Waals surface area (Å²) in [6, 6.07) is 2.75. The Bertz CT molecular complexity index is 394. The van der Waals surface area contributed by atoms with Gasteiger partial charge in [-0.25, -0.2) is 5.84 Å². The third-order valence-corrected chi connectivity index (χ3v) is 1.54. The van der Waals surface area contributed by atoms with Crippen LogP contribution < -0.4 is 11.3 Å². The Morgan fingerprint density at radius 3 is 2.71 bits per heavy atom. The van der Waals surface area contributed by atoms with Crippen LogP contribution in [0.25, 0.3) is 0 Å². The van der Waals surface area contributed by atoms with Crippen LogP contribution in [0.2, 0.25) is 0 Å². The van der Waals surface area contributed by atoms with Crippen molar-refractivity contribution in [2.75, 3.05) is 0 Å². The van der Waals surface area contributed by atoms with E-state index >= 15 is 0 Å². The lowest BCUT2D eigenvalue weighted by molar-refractivity contribution is -0.387. The van der Waals surface area contributed by atoms with Gasteiger partial charge in [0.2, 0.25) is 5.82 Å². The lowest BCUT2D eigenvalue weighted by Gasteiger charge is -1.99. The molecule has 0 unspecified atom stereocenters. The number of hydrogen-bond donors (Lipinski definition) is 2. The molecule has 0 aliphatic carbocycles. The van der Waals surface area contributed by atoms with Gasteiger partial charge in [0.25, 0.3) is 5.91 Å². The first kappa shape index (κ1) is 10.1. The number of nitrogens with zero attached hydrogens (tertiary/aromatic N) is 1. The summed E-state index contributed by atoms with van der Waals surface area (Å²) in [7, 11) is 0. The standard InChI is InChI=1S/C7H6FN3O3/c8-5-2-1-4(7(12)10-9)3-6(5)11(13)14/h1-3H,9H2,(H,10,12). The van der Waals surface area contributed by atoms with Crippen molar-refractivity contribution in [3.8, 4) is 0 Å². The van der Waals surface area contributed by atoms with Gasteiger partial charge in [0, 0.05) is 11.6 Å². The number of halogens is 1. The number of nitrogen functional groups attached to an aromatic ring is 1. The van der Waals surface area contributed by atoms with Crippen LogP contribution in [0, 0.1) is 15.9 Å².